The molecule has 0 saturated carbocycles. The lowest BCUT2D eigenvalue weighted by Gasteiger charge is -2.30. The number of carbonyl (C=O) groups excluding carboxylic acids is 1. The Morgan fingerprint density at radius 3 is 2.26 bits per heavy atom. The number of unbranched alkanes of at least 4 members (excludes halogenated alkanes) is 8. The largest absolute Gasteiger partial charge is 0.463 e. The van der Waals surface area contributed by atoms with Crippen molar-refractivity contribution in [3.05, 3.63) is 178 Å². The summed E-state index contributed by atoms with van der Waals surface area (Å²) in [6.45, 7) is 34.6. The van der Waals surface area contributed by atoms with Crippen LogP contribution in [0.5, 0.6) is 0 Å². The minimum Gasteiger partial charge on any atom is -0.463 e. The predicted molar refractivity (Wildman–Crippen MR) is 294 cm³/mol. The van der Waals surface area contributed by atoms with Crippen LogP contribution in [0, 0.1) is 18.7 Å². The normalized spacial score (nSPS) is 14.0. The lowest BCUT2D eigenvalue weighted by atomic mass is 9.96. The van der Waals surface area contributed by atoms with Crippen molar-refractivity contribution >= 4 is 23.1 Å². The summed E-state index contributed by atoms with van der Waals surface area (Å²) >= 11 is 0. The van der Waals surface area contributed by atoms with Crippen LogP contribution in [0.2, 0.25) is 0 Å². The molecule has 0 amide bonds. The van der Waals surface area contributed by atoms with E-state index in [2.05, 4.69) is 102 Å². The van der Waals surface area contributed by atoms with Crippen molar-refractivity contribution in [2.24, 2.45) is 5.92 Å². The Morgan fingerprint density at radius 2 is 1.53 bits per heavy atom. The number of ether oxygens (including phenoxy) is 1. The first-order valence-electron chi connectivity index (χ1n) is 25.7. The number of nitrogen functional groups attached to an aromatic ring is 1. The number of rotatable bonds is 33. The molecule has 2 aromatic carbocycles. The molecule has 2 unspecified atom stereocenters. The Labute approximate surface area is 427 Å². The molecule has 0 spiro atoms. The second-order valence-electron chi connectivity index (χ2n) is 19.5. The molecule has 4 aromatic rings. The van der Waals surface area contributed by atoms with Crippen molar-refractivity contribution in [3.63, 3.8) is 0 Å². The number of benzene rings is 2. The van der Waals surface area contributed by atoms with Gasteiger partial charge in [0, 0.05) is 70.8 Å². The molecule has 12 nitrogen and oxygen atoms in total. The first-order valence-corrected chi connectivity index (χ1v) is 25.7. The molecular formula is C59H78FN9O3. The molecule has 2 atom stereocenters. The highest BCUT2D eigenvalue weighted by atomic mass is 19.1. The van der Waals surface area contributed by atoms with Crippen molar-refractivity contribution in [2.45, 2.75) is 110 Å². The summed E-state index contributed by atoms with van der Waals surface area (Å²) in [4.78, 5) is 31.8. The van der Waals surface area contributed by atoms with Gasteiger partial charge in [-0.05, 0) is 79.8 Å². The van der Waals surface area contributed by atoms with E-state index in [9.17, 15) is 14.0 Å². The third kappa shape index (κ3) is 15.2. The third-order valence-corrected chi connectivity index (χ3v) is 13.7. The number of aromatic nitrogens is 2. The maximum atomic E-state index is 14.8. The highest BCUT2D eigenvalue weighted by Gasteiger charge is 2.28. The van der Waals surface area contributed by atoms with Crippen LogP contribution in [0.4, 0.5) is 10.1 Å². The quantitative estimate of drug-likeness (QED) is 0.0135. The lowest BCUT2D eigenvalue weighted by molar-refractivity contribution is -0.129. The maximum Gasteiger partial charge on any atom is 0.293 e. The molecule has 0 aliphatic carbocycles. The SMILES string of the molecule is C=C(CCCCCCCCCCCN1CC(C)C=CC1=C)NCC(=C)NCC(=C)NC(C(=C)NCC(=C)NCCCc1c2c(nc3cc(F)c(N)cc13)-c1cc(C)c(COC=O)c(=O)n1C2)c1ccccc1. The summed E-state index contributed by atoms with van der Waals surface area (Å²) in [5.41, 5.74) is 17.0. The highest BCUT2D eigenvalue weighted by Crippen LogP contribution is 2.38. The molecule has 0 fully saturated rings. The fourth-order valence-electron chi connectivity index (χ4n) is 9.51. The number of anilines is 1. The second-order valence-corrected chi connectivity index (χ2v) is 19.5. The molecule has 384 valence electrons. The van der Waals surface area contributed by atoms with Gasteiger partial charge < -0.3 is 46.5 Å². The Morgan fingerprint density at radius 1 is 0.861 bits per heavy atom. The van der Waals surface area contributed by atoms with Crippen molar-refractivity contribution in [2.75, 3.05) is 45.0 Å². The molecule has 2 aliphatic heterocycles. The van der Waals surface area contributed by atoms with Crippen molar-refractivity contribution in [3.8, 4) is 11.4 Å². The van der Waals surface area contributed by atoms with Gasteiger partial charge in [-0.1, -0.05) is 128 Å². The van der Waals surface area contributed by atoms with Gasteiger partial charge in [-0.3, -0.25) is 9.59 Å². The molecule has 6 rings (SSSR count). The van der Waals surface area contributed by atoms with E-state index in [0.717, 1.165) is 82.2 Å². The van der Waals surface area contributed by atoms with Gasteiger partial charge in [-0.2, -0.15) is 0 Å². The topological polar surface area (TPSA) is 151 Å². The Hall–Kier alpha value is -7.02. The molecule has 72 heavy (non-hydrogen) atoms. The second kappa shape index (κ2) is 27.0. The number of pyridine rings is 2. The molecule has 7 N–H and O–H groups in total. The number of hydrogen-bond acceptors (Lipinski definition) is 11. The number of nitrogens with zero attached hydrogens (tertiary/aromatic N) is 3. The number of nitrogens with two attached hydrogens (primary N) is 1. The van der Waals surface area contributed by atoms with E-state index in [0.29, 0.717) is 79.4 Å². The summed E-state index contributed by atoms with van der Waals surface area (Å²) in [6.07, 6.45) is 18.2. The zero-order valence-electron chi connectivity index (χ0n) is 42.9. The van der Waals surface area contributed by atoms with Crippen LogP contribution in [0.3, 0.4) is 0 Å². The van der Waals surface area contributed by atoms with E-state index in [4.69, 9.17) is 15.5 Å². The molecule has 2 aliphatic rings. The van der Waals surface area contributed by atoms with Gasteiger partial charge in [0.15, 0.2) is 0 Å². The van der Waals surface area contributed by atoms with Crippen LogP contribution in [0.1, 0.15) is 111 Å². The Balaban J connectivity index is 0.886. The number of hydrogen-bond donors (Lipinski definition) is 6. The summed E-state index contributed by atoms with van der Waals surface area (Å²) in [7, 11) is 0. The Kier molecular flexibility index (Phi) is 20.4. The standard InChI is InChI=1S/C59H78FN9O3/c1-40-26-27-46(7)68(36-40)29-20-15-13-11-9-10-12-14-17-22-42(3)63-33-44(5)64-35-45(6)66-57(48-23-18-16-19-24-48)47(8)65-34-43(4)62-28-21-25-49-50-31-54(61)53(60)32-55(50)67-58-51(49)37-69-56(58)30-41(2)52(59(69)71)38-72-39-70/h16,18-19,23-24,26-27,30-32,39-40,57,62-66H,3-15,17,20-22,25,28-29,33-38,61H2,1-2H3. The van der Waals surface area contributed by atoms with Crippen LogP contribution in [-0.4, -0.2) is 60.2 Å². The van der Waals surface area contributed by atoms with Gasteiger partial charge in [-0.25, -0.2) is 9.37 Å². The molecule has 0 radical (unpaired) electrons. The number of halogens is 1. The molecule has 0 saturated heterocycles. The molecule has 2 aromatic heterocycles. The van der Waals surface area contributed by atoms with Gasteiger partial charge in [0.2, 0.25) is 0 Å². The van der Waals surface area contributed by atoms with Crippen LogP contribution < -0.4 is 37.9 Å². The fraction of sp³-hybridized carbons (Fsp3) is 0.407. The third-order valence-electron chi connectivity index (χ3n) is 13.7. The number of aryl methyl sites for hydroxylation is 2. The predicted octanol–water partition coefficient (Wildman–Crippen LogP) is 10.2. The van der Waals surface area contributed by atoms with Gasteiger partial charge in [0.1, 0.15) is 12.4 Å². The fourth-order valence-corrected chi connectivity index (χ4v) is 9.51. The highest BCUT2D eigenvalue weighted by molar-refractivity contribution is 5.90. The number of carbonyl (C=O) groups is 1. The Bertz CT molecular complexity index is 2690. The van der Waals surface area contributed by atoms with Gasteiger partial charge >= 0.3 is 0 Å². The molecule has 4 heterocycles. The summed E-state index contributed by atoms with van der Waals surface area (Å²) < 4.78 is 21.4. The first-order chi connectivity index (χ1) is 34.7. The van der Waals surface area contributed by atoms with E-state index in [1.165, 1.54) is 57.4 Å². The number of fused-ring (bicyclic) bond motifs is 4. The summed E-state index contributed by atoms with van der Waals surface area (Å²) in [6, 6.07) is 14.7. The summed E-state index contributed by atoms with van der Waals surface area (Å²) in [5, 5.41) is 18.0. The zero-order valence-corrected chi connectivity index (χ0v) is 42.9. The van der Waals surface area contributed by atoms with Gasteiger partial charge in [0.05, 0.1) is 60.4 Å². The number of nitrogens with one attached hydrogen (secondary N) is 5. The van der Waals surface area contributed by atoms with Crippen LogP contribution in [-0.2, 0) is 29.1 Å². The average Bonchev–Trinajstić information content (AvgIpc) is 3.73. The molecular weight excluding hydrogens is 902 g/mol. The monoisotopic (exact) mass is 980 g/mol. The van der Waals surface area contributed by atoms with Crippen LogP contribution >= 0.6 is 0 Å². The minimum atomic E-state index is -0.550. The van der Waals surface area contributed by atoms with Crippen molar-refractivity contribution in [1.29, 1.82) is 0 Å². The smallest absolute Gasteiger partial charge is 0.293 e. The van der Waals surface area contributed by atoms with E-state index >= 15 is 0 Å². The average molecular weight is 980 g/mol. The van der Waals surface area contributed by atoms with Gasteiger partial charge in [-0.15, -0.1) is 0 Å². The van der Waals surface area contributed by atoms with Crippen molar-refractivity contribution in [1.82, 2.24) is 41.0 Å². The van der Waals surface area contributed by atoms with Crippen LogP contribution in [0.15, 0.2) is 139 Å². The van der Waals surface area contributed by atoms with E-state index < -0.39 is 5.82 Å². The van der Waals surface area contributed by atoms with E-state index in [1.54, 1.807) is 17.6 Å². The minimum absolute atomic E-state index is 0.0336. The molecule has 0 bridgehead atoms. The summed E-state index contributed by atoms with van der Waals surface area (Å²) in [5.74, 6) is 0.0685. The van der Waals surface area contributed by atoms with Crippen LogP contribution in [0.25, 0.3) is 22.3 Å². The van der Waals surface area contributed by atoms with Crippen molar-refractivity contribution < 1.29 is 13.9 Å². The van der Waals surface area contributed by atoms with E-state index in [1.807, 2.05) is 24.3 Å². The maximum absolute atomic E-state index is 14.8. The first kappa shape index (κ1) is 54.3. The lowest BCUT2D eigenvalue weighted by Crippen LogP contribution is -2.34. The van der Waals surface area contributed by atoms with Gasteiger partial charge in [0.25, 0.3) is 12.0 Å². The van der Waals surface area contributed by atoms with E-state index in [-0.39, 0.29) is 30.4 Å². The zero-order chi connectivity index (χ0) is 51.6. The number of allylic oxidation sites excluding steroid dienone is 2. The molecule has 13 heteroatoms.